The highest BCUT2D eigenvalue weighted by Gasteiger charge is 2.34. The van der Waals surface area contributed by atoms with Crippen LogP contribution in [0.5, 0.6) is 5.75 Å². The Hall–Kier alpha value is -4.14. The molecule has 3 rings (SSSR count). The standard InChI is InChI=1S/C21H20N4O5/c1-13-2-6-15(7-3-13)23-19(27)11-25-20(28)17(24-21(25)29)10-14-4-8-16(9-5-14)30-12-18(22)26/h2-10H,11-12H2,1H3,(H2,22,26)(H,23,27)(H,24,29)/b17-10-. The van der Waals surface area contributed by atoms with Crippen molar-refractivity contribution in [1.82, 2.24) is 10.2 Å². The number of nitrogens with two attached hydrogens (primary N) is 1. The highest BCUT2D eigenvalue weighted by atomic mass is 16.5. The smallest absolute Gasteiger partial charge is 0.329 e. The van der Waals surface area contributed by atoms with E-state index in [2.05, 4.69) is 10.6 Å². The monoisotopic (exact) mass is 408 g/mol. The third kappa shape index (κ3) is 5.22. The zero-order valence-electron chi connectivity index (χ0n) is 16.2. The molecule has 0 saturated carbocycles. The maximum atomic E-state index is 12.5. The van der Waals surface area contributed by atoms with Crippen LogP contribution in [0, 0.1) is 6.92 Å². The number of benzene rings is 2. The maximum absolute atomic E-state index is 12.5. The lowest BCUT2D eigenvalue weighted by Gasteiger charge is -2.12. The van der Waals surface area contributed by atoms with E-state index >= 15 is 0 Å². The van der Waals surface area contributed by atoms with Crippen LogP contribution in [0.15, 0.2) is 54.2 Å². The fourth-order valence-electron chi connectivity index (χ4n) is 2.68. The van der Waals surface area contributed by atoms with Gasteiger partial charge in [0, 0.05) is 5.69 Å². The molecule has 30 heavy (non-hydrogen) atoms. The highest BCUT2D eigenvalue weighted by molar-refractivity contribution is 6.15. The number of ether oxygens (including phenoxy) is 1. The predicted octanol–water partition coefficient (Wildman–Crippen LogP) is 1.39. The summed E-state index contributed by atoms with van der Waals surface area (Å²) in [5.74, 6) is -1.24. The summed E-state index contributed by atoms with van der Waals surface area (Å²) < 4.78 is 5.16. The van der Waals surface area contributed by atoms with Crippen molar-refractivity contribution in [3.63, 3.8) is 0 Å². The quantitative estimate of drug-likeness (QED) is 0.471. The van der Waals surface area contributed by atoms with Gasteiger partial charge in [-0.2, -0.15) is 0 Å². The Bertz CT molecular complexity index is 1010. The Kier molecular flexibility index (Phi) is 6.11. The average molecular weight is 408 g/mol. The lowest BCUT2D eigenvalue weighted by Crippen LogP contribution is -2.38. The number of hydrogen-bond acceptors (Lipinski definition) is 5. The molecule has 9 heteroatoms. The molecule has 1 heterocycles. The Balaban J connectivity index is 1.62. The normalized spacial score (nSPS) is 14.6. The molecule has 1 fully saturated rings. The van der Waals surface area contributed by atoms with E-state index in [4.69, 9.17) is 10.5 Å². The molecule has 4 N–H and O–H groups in total. The van der Waals surface area contributed by atoms with Crippen LogP contribution in [-0.2, 0) is 14.4 Å². The van der Waals surface area contributed by atoms with Gasteiger partial charge in [-0.25, -0.2) is 9.69 Å². The minimum Gasteiger partial charge on any atom is -0.484 e. The largest absolute Gasteiger partial charge is 0.484 e. The van der Waals surface area contributed by atoms with Crippen LogP contribution in [-0.4, -0.2) is 41.8 Å². The van der Waals surface area contributed by atoms with Crippen molar-refractivity contribution < 1.29 is 23.9 Å². The minimum atomic E-state index is -0.674. The van der Waals surface area contributed by atoms with Crippen molar-refractivity contribution in [2.45, 2.75) is 6.92 Å². The van der Waals surface area contributed by atoms with Gasteiger partial charge in [0.05, 0.1) is 0 Å². The Morgan fingerprint density at radius 1 is 1.10 bits per heavy atom. The number of primary amides is 1. The molecule has 154 valence electrons. The van der Waals surface area contributed by atoms with Gasteiger partial charge in [0.1, 0.15) is 18.0 Å². The Morgan fingerprint density at radius 2 is 1.77 bits per heavy atom. The molecular formula is C21H20N4O5. The molecule has 0 spiro atoms. The highest BCUT2D eigenvalue weighted by Crippen LogP contribution is 2.17. The SMILES string of the molecule is Cc1ccc(NC(=O)CN2C(=O)N/C(=C\c3ccc(OCC(N)=O)cc3)C2=O)cc1. The number of carbonyl (C=O) groups is 4. The summed E-state index contributed by atoms with van der Waals surface area (Å²) in [6, 6.07) is 13.0. The van der Waals surface area contributed by atoms with Gasteiger partial charge in [-0.3, -0.25) is 14.4 Å². The molecular weight excluding hydrogens is 388 g/mol. The van der Waals surface area contributed by atoms with Gasteiger partial charge in [-0.1, -0.05) is 29.8 Å². The van der Waals surface area contributed by atoms with E-state index in [1.165, 1.54) is 6.08 Å². The molecule has 0 atom stereocenters. The first-order valence-electron chi connectivity index (χ1n) is 9.04. The second-order valence-electron chi connectivity index (χ2n) is 6.62. The Morgan fingerprint density at radius 3 is 2.40 bits per heavy atom. The molecule has 0 aliphatic carbocycles. The molecule has 1 aliphatic rings. The van der Waals surface area contributed by atoms with Crippen molar-refractivity contribution >= 4 is 35.5 Å². The summed E-state index contributed by atoms with van der Waals surface area (Å²) in [4.78, 5) is 48.4. The van der Waals surface area contributed by atoms with Gasteiger partial charge >= 0.3 is 6.03 Å². The number of imide groups is 1. The van der Waals surface area contributed by atoms with Crippen molar-refractivity contribution in [3.05, 3.63) is 65.4 Å². The van der Waals surface area contributed by atoms with Gasteiger partial charge in [-0.05, 0) is 42.8 Å². The van der Waals surface area contributed by atoms with Crippen LogP contribution >= 0.6 is 0 Å². The summed E-state index contributed by atoms with van der Waals surface area (Å²) in [5, 5.41) is 5.11. The number of amides is 5. The lowest BCUT2D eigenvalue weighted by molar-refractivity contribution is -0.127. The maximum Gasteiger partial charge on any atom is 0.329 e. The van der Waals surface area contributed by atoms with Gasteiger partial charge in [-0.15, -0.1) is 0 Å². The molecule has 5 amide bonds. The molecule has 9 nitrogen and oxygen atoms in total. The zero-order chi connectivity index (χ0) is 21.7. The van der Waals surface area contributed by atoms with Crippen LogP contribution in [0.2, 0.25) is 0 Å². The third-order valence-electron chi connectivity index (χ3n) is 4.17. The van der Waals surface area contributed by atoms with Gasteiger partial charge in [0.15, 0.2) is 6.61 Å². The molecule has 0 bridgehead atoms. The summed E-state index contributed by atoms with van der Waals surface area (Å²) in [7, 11) is 0. The van der Waals surface area contributed by atoms with Crippen LogP contribution in [0.1, 0.15) is 11.1 Å². The Labute approximate surface area is 172 Å². The second-order valence-corrected chi connectivity index (χ2v) is 6.62. The minimum absolute atomic E-state index is 0.0499. The number of hydrogen-bond donors (Lipinski definition) is 3. The first kappa shape index (κ1) is 20.6. The molecule has 0 radical (unpaired) electrons. The van der Waals surface area contributed by atoms with Crippen molar-refractivity contribution in [3.8, 4) is 5.75 Å². The summed E-state index contributed by atoms with van der Waals surface area (Å²) in [6.07, 6.45) is 1.48. The van der Waals surface area contributed by atoms with E-state index < -0.39 is 30.3 Å². The first-order valence-corrected chi connectivity index (χ1v) is 9.04. The number of urea groups is 1. The van der Waals surface area contributed by atoms with E-state index in [1.54, 1.807) is 36.4 Å². The van der Waals surface area contributed by atoms with Crippen LogP contribution in [0.25, 0.3) is 6.08 Å². The number of aryl methyl sites for hydroxylation is 1. The predicted molar refractivity (Wildman–Crippen MR) is 109 cm³/mol. The van der Waals surface area contributed by atoms with E-state index in [0.717, 1.165) is 10.5 Å². The number of nitrogens with zero attached hydrogens (tertiary/aromatic N) is 1. The number of nitrogens with one attached hydrogen (secondary N) is 2. The van der Waals surface area contributed by atoms with Crippen LogP contribution in [0.3, 0.4) is 0 Å². The average Bonchev–Trinajstić information content (AvgIpc) is 2.96. The van der Waals surface area contributed by atoms with Crippen LogP contribution < -0.4 is 21.1 Å². The zero-order valence-corrected chi connectivity index (χ0v) is 16.2. The number of anilines is 1. The second kappa shape index (κ2) is 8.91. The van der Waals surface area contributed by atoms with E-state index in [1.807, 2.05) is 19.1 Å². The molecule has 2 aromatic rings. The van der Waals surface area contributed by atoms with Crippen LogP contribution in [0.4, 0.5) is 10.5 Å². The number of carbonyl (C=O) groups excluding carboxylic acids is 4. The van der Waals surface area contributed by atoms with E-state index in [-0.39, 0.29) is 12.3 Å². The third-order valence-corrected chi connectivity index (χ3v) is 4.17. The van der Waals surface area contributed by atoms with E-state index in [0.29, 0.717) is 17.0 Å². The summed E-state index contributed by atoms with van der Waals surface area (Å²) >= 11 is 0. The van der Waals surface area contributed by atoms with Crippen molar-refractivity contribution in [2.24, 2.45) is 5.73 Å². The fourth-order valence-corrected chi connectivity index (χ4v) is 2.68. The summed E-state index contributed by atoms with van der Waals surface area (Å²) in [6.45, 7) is 1.28. The fraction of sp³-hybridized carbons (Fsp3) is 0.143. The summed E-state index contributed by atoms with van der Waals surface area (Å²) in [5.41, 5.74) is 7.31. The first-order chi connectivity index (χ1) is 14.3. The van der Waals surface area contributed by atoms with Gasteiger partial charge in [0.2, 0.25) is 5.91 Å². The molecule has 2 aromatic carbocycles. The molecule has 0 unspecified atom stereocenters. The molecule has 1 aliphatic heterocycles. The van der Waals surface area contributed by atoms with Gasteiger partial charge in [0.25, 0.3) is 11.8 Å². The molecule has 0 aromatic heterocycles. The lowest BCUT2D eigenvalue weighted by atomic mass is 10.2. The molecule has 1 saturated heterocycles. The van der Waals surface area contributed by atoms with Gasteiger partial charge < -0.3 is 21.1 Å². The topological polar surface area (TPSA) is 131 Å². The van der Waals surface area contributed by atoms with Crippen molar-refractivity contribution in [1.29, 1.82) is 0 Å². The number of rotatable bonds is 7. The van der Waals surface area contributed by atoms with E-state index in [9.17, 15) is 19.2 Å². The van der Waals surface area contributed by atoms with Crippen molar-refractivity contribution in [2.75, 3.05) is 18.5 Å².